The van der Waals surface area contributed by atoms with E-state index in [1.807, 2.05) is 6.07 Å². The first-order chi connectivity index (χ1) is 17.1. The zero-order valence-corrected chi connectivity index (χ0v) is 18.9. The number of nitrogen functional groups attached to an aromatic ring is 1. The Labute approximate surface area is 206 Å². The molecular formula is C26H15ClF3N3O3. The molecule has 0 fully saturated rings. The monoisotopic (exact) mass is 509 g/mol. The van der Waals surface area contributed by atoms with Gasteiger partial charge in [0.25, 0.3) is 0 Å². The van der Waals surface area contributed by atoms with E-state index in [-0.39, 0.29) is 28.4 Å². The summed E-state index contributed by atoms with van der Waals surface area (Å²) >= 11 is 5.73. The largest absolute Gasteiger partial charge is 0.439 e. The van der Waals surface area contributed by atoms with Crippen LogP contribution in [0.4, 0.5) is 18.9 Å². The van der Waals surface area contributed by atoms with Gasteiger partial charge in [0.05, 0.1) is 27.5 Å². The highest BCUT2D eigenvalue weighted by atomic mass is 35.5. The molecule has 0 spiro atoms. The number of halogens is 4. The van der Waals surface area contributed by atoms with Crippen LogP contribution in [0.2, 0.25) is 5.02 Å². The molecule has 1 atom stereocenters. The highest BCUT2D eigenvalue weighted by Crippen LogP contribution is 2.44. The summed E-state index contributed by atoms with van der Waals surface area (Å²) in [5, 5.41) is 9.80. The molecule has 4 aromatic rings. The number of nitriles is 1. The van der Waals surface area contributed by atoms with Crippen LogP contribution in [0.5, 0.6) is 5.75 Å². The molecule has 0 saturated heterocycles. The maximum absolute atomic E-state index is 13.3. The molecule has 1 unspecified atom stereocenters. The summed E-state index contributed by atoms with van der Waals surface area (Å²) in [5.41, 5.74) is 12.2. The Balaban J connectivity index is 1.65. The summed E-state index contributed by atoms with van der Waals surface area (Å²) in [7, 11) is 0. The fourth-order valence-corrected chi connectivity index (χ4v) is 4.48. The minimum Gasteiger partial charge on any atom is -0.439 e. The van der Waals surface area contributed by atoms with Crippen molar-refractivity contribution in [1.29, 1.82) is 5.26 Å². The van der Waals surface area contributed by atoms with E-state index in [1.54, 1.807) is 36.4 Å². The fraction of sp³-hybridized carbons (Fsp3) is 0.0769. The van der Waals surface area contributed by atoms with Crippen LogP contribution in [-0.2, 0) is 6.18 Å². The molecule has 1 aromatic heterocycles. The van der Waals surface area contributed by atoms with E-state index in [4.69, 9.17) is 32.2 Å². The van der Waals surface area contributed by atoms with Gasteiger partial charge in [-0.1, -0.05) is 41.9 Å². The second-order valence-electron chi connectivity index (χ2n) is 8.13. The molecule has 0 saturated carbocycles. The van der Waals surface area contributed by atoms with Gasteiger partial charge in [-0.3, -0.25) is 0 Å². The van der Waals surface area contributed by atoms with E-state index in [0.29, 0.717) is 27.8 Å². The third kappa shape index (κ3) is 3.82. The van der Waals surface area contributed by atoms with E-state index < -0.39 is 28.3 Å². The second kappa shape index (κ2) is 8.36. The smallest absolute Gasteiger partial charge is 0.417 e. The van der Waals surface area contributed by atoms with Gasteiger partial charge in [-0.15, -0.1) is 0 Å². The summed E-state index contributed by atoms with van der Waals surface area (Å²) in [5.74, 6) is -0.974. The Kier molecular flexibility index (Phi) is 5.42. The number of alkyl halides is 3. The molecule has 3 aromatic carbocycles. The molecule has 5 rings (SSSR count). The number of ether oxygens (including phenoxy) is 1. The second-order valence-corrected chi connectivity index (χ2v) is 8.53. The molecule has 10 heteroatoms. The Hall–Kier alpha value is -4.42. The lowest BCUT2D eigenvalue weighted by Gasteiger charge is -2.26. The number of hydrogen-bond acceptors (Lipinski definition) is 6. The van der Waals surface area contributed by atoms with Gasteiger partial charge in [0.15, 0.2) is 5.75 Å². The molecule has 1 aliphatic heterocycles. The van der Waals surface area contributed by atoms with Crippen molar-refractivity contribution in [3.63, 3.8) is 0 Å². The van der Waals surface area contributed by atoms with Gasteiger partial charge in [0.1, 0.15) is 17.2 Å². The van der Waals surface area contributed by atoms with Gasteiger partial charge in [0, 0.05) is 5.69 Å². The molecule has 0 amide bonds. The fourth-order valence-electron chi connectivity index (χ4n) is 4.26. The molecule has 36 heavy (non-hydrogen) atoms. The van der Waals surface area contributed by atoms with Crippen molar-refractivity contribution in [3.8, 4) is 22.9 Å². The van der Waals surface area contributed by atoms with Crippen molar-refractivity contribution < 1.29 is 22.3 Å². The van der Waals surface area contributed by atoms with Crippen molar-refractivity contribution in [3.05, 3.63) is 104 Å². The van der Waals surface area contributed by atoms with Crippen LogP contribution in [0.1, 0.15) is 22.6 Å². The van der Waals surface area contributed by atoms with Crippen molar-refractivity contribution in [2.45, 2.75) is 12.1 Å². The SMILES string of the molecule is N#CC1=C(N)Oc2c(c(=O)oc3ccc(N)cc23)C1c1ccc(-c2ccc(Cl)c(C(F)(F)F)c2)cc1. The summed E-state index contributed by atoms with van der Waals surface area (Å²) in [6.07, 6.45) is -4.61. The van der Waals surface area contributed by atoms with Crippen LogP contribution in [0.25, 0.3) is 22.1 Å². The summed E-state index contributed by atoms with van der Waals surface area (Å²) in [6, 6.07) is 16.6. The number of anilines is 1. The Bertz CT molecular complexity index is 1670. The molecule has 0 bridgehead atoms. The van der Waals surface area contributed by atoms with E-state index in [1.165, 1.54) is 18.2 Å². The predicted molar refractivity (Wildman–Crippen MR) is 128 cm³/mol. The van der Waals surface area contributed by atoms with Crippen molar-refractivity contribution >= 4 is 28.3 Å². The maximum Gasteiger partial charge on any atom is 0.417 e. The van der Waals surface area contributed by atoms with E-state index in [9.17, 15) is 23.2 Å². The first kappa shape index (κ1) is 23.3. The number of benzene rings is 3. The van der Waals surface area contributed by atoms with E-state index >= 15 is 0 Å². The molecule has 180 valence electrons. The van der Waals surface area contributed by atoms with Crippen LogP contribution in [0.3, 0.4) is 0 Å². The molecule has 1 aliphatic rings. The third-order valence-electron chi connectivity index (χ3n) is 5.94. The van der Waals surface area contributed by atoms with Gasteiger partial charge >= 0.3 is 11.8 Å². The first-order valence-corrected chi connectivity index (χ1v) is 10.9. The Morgan fingerprint density at radius 1 is 0.972 bits per heavy atom. The number of hydrogen-bond donors (Lipinski definition) is 2. The minimum atomic E-state index is -4.61. The minimum absolute atomic E-state index is 0.00310. The van der Waals surface area contributed by atoms with Crippen LogP contribution in [-0.4, -0.2) is 0 Å². The van der Waals surface area contributed by atoms with E-state index in [2.05, 4.69) is 0 Å². The number of fused-ring (bicyclic) bond motifs is 3. The average molecular weight is 510 g/mol. The number of nitrogens with zero attached hydrogens (tertiary/aromatic N) is 1. The molecular weight excluding hydrogens is 495 g/mol. The van der Waals surface area contributed by atoms with Crippen molar-refractivity contribution in [2.24, 2.45) is 5.73 Å². The molecule has 2 heterocycles. The lowest BCUT2D eigenvalue weighted by molar-refractivity contribution is -0.137. The molecule has 0 radical (unpaired) electrons. The lowest BCUT2D eigenvalue weighted by Crippen LogP contribution is -2.26. The van der Waals surface area contributed by atoms with Gasteiger partial charge in [-0.05, 0) is 47.0 Å². The summed E-state index contributed by atoms with van der Waals surface area (Å²) in [6.45, 7) is 0. The van der Waals surface area contributed by atoms with Crippen molar-refractivity contribution in [1.82, 2.24) is 0 Å². The number of rotatable bonds is 2. The maximum atomic E-state index is 13.3. The summed E-state index contributed by atoms with van der Waals surface area (Å²) in [4.78, 5) is 13.0. The van der Waals surface area contributed by atoms with Crippen LogP contribution >= 0.6 is 11.6 Å². The first-order valence-electron chi connectivity index (χ1n) is 10.5. The van der Waals surface area contributed by atoms with Gasteiger partial charge in [-0.2, -0.15) is 18.4 Å². The normalized spacial score (nSPS) is 15.4. The highest BCUT2D eigenvalue weighted by Gasteiger charge is 2.36. The average Bonchev–Trinajstić information content (AvgIpc) is 2.83. The molecule has 0 aliphatic carbocycles. The van der Waals surface area contributed by atoms with Crippen LogP contribution < -0.4 is 21.8 Å². The Morgan fingerprint density at radius 2 is 1.67 bits per heavy atom. The standard InChI is InChI=1S/C26H15ClF3N3O3/c27-19-7-5-14(9-18(19)26(28,29)30)12-1-3-13(4-2-12)21-17(11-31)24(33)36-23-16-10-15(32)6-8-20(16)35-25(34)22(21)23/h1-10,21H,32-33H2. The lowest BCUT2D eigenvalue weighted by atomic mass is 9.83. The number of nitrogens with two attached hydrogens (primary N) is 2. The zero-order chi connectivity index (χ0) is 25.8. The van der Waals surface area contributed by atoms with Gasteiger partial charge in [0.2, 0.25) is 5.88 Å². The van der Waals surface area contributed by atoms with Gasteiger partial charge < -0.3 is 20.6 Å². The summed E-state index contributed by atoms with van der Waals surface area (Å²) < 4.78 is 51.0. The van der Waals surface area contributed by atoms with Gasteiger partial charge in [-0.25, -0.2) is 4.79 Å². The Morgan fingerprint density at radius 3 is 2.33 bits per heavy atom. The molecule has 6 nitrogen and oxygen atoms in total. The molecule has 4 N–H and O–H groups in total. The van der Waals surface area contributed by atoms with Crippen LogP contribution in [0, 0.1) is 11.3 Å². The van der Waals surface area contributed by atoms with E-state index in [0.717, 1.165) is 6.07 Å². The predicted octanol–water partition coefficient (Wildman–Crippen LogP) is 5.93. The van der Waals surface area contributed by atoms with Crippen molar-refractivity contribution in [2.75, 3.05) is 5.73 Å². The highest BCUT2D eigenvalue weighted by molar-refractivity contribution is 6.31. The van der Waals surface area contributed by atoms with Crippen LogP contribution in [0.15, 0.2) is 81.3 Å². The topological polar surface area (TPSA) is 115 Å². The number of allylic oxidation sites excluding steroid dienone is 1. The zero-order valence-electron chi connectivity index (χ0n) is 18.2. The third-order valence-corrected chi connectivity index (χ3v) is 6.27. The quantitative estimate of drug-likeness (QED) is 0.255.